The highest BCUT2D eigenvalue weighted by atomic mass is 32.2. The van der Waals surface area contributed by atoms with Crippen LogP contribution in [0.2, 0.25) is 0 Å². The molecule has 1 saturated heterocycles. The minimum absolute atomic E-state index is 0. The third-order valence-corrected chi connectivity index (χ3v) is 13.6. The summed E-state index contributed by atoms with van der Waals surface area (Å²) in [5, 5.41) is 6.31. The highest BCUT2D eigenvalue weighted by Crippen LogP contribution is 2.47. The quantitative estimate of drug-likeness (QED) is 0.279. The number of carbonyl (C=O) groups is 4. The Hall–Kier alpha value is -4.67. The molecule has 7 atom stereocenters. The van der Waals surface area contributed by atoms with Gasteiger partial charge in [0.2, 0.25) is 33.7 Å². The van der Waals surface area contributed by atoms with E-state index in [4.69, 9.17) is 14.2 Å². The molecule has 0 bridgehead atoms. The van der Waals surface area contributed by atoms with E-state index < -0.39 is 73.8 Å². The Morgan fingerprint density at radius 1 is 1.08 bits per heavy atom. The van der Waals surface area contributed by atoms with Crippen LogP contribution in [0.4, 0.5) is 10.7 Å². The number of nitrogens with zero attached hydrogens (tertiary/aromatic N) is 4. The van der Waals surface area contributed by atoms with Crippen molar-refractivity contribution < 1.29 is 46.1 Å². The third kappa shape index (κ3) is 10.2. The number of sulfonamides is 1. The zero-order chi connectivity index (χ0) is 43.7. The predicted molar refractivity (Wildman–Crippen MR) is 231 cm³/mol. The largest absolute Gasteiger partial charge is 0.497 e. The van der Waals surface area contributed by atoms with Crippen molar-refractivity contribution in [2.75, 3.05) is 32.6 Å². The second kappa shape index (κ2) is 17.5. The van der Waals surface area contributed by atoms with Crippen LogP contribution in [0.1, 0.15) is 105 Å². The number of hydrogen-bond donors (Lipinski definition) is 3. The molecule has 0 unspecified atom stereocenters. The predicted octanol–water partition coefficient (Wildman–Crippen LogP) is 5.60. The molecule has 3 heterocycles. The van der Waals surface area contributed by atoms with Crippen LogP contribution in [0.3, 0.4) is 0 Å². The van der Waals surface area contributed by atoms with E-state index in [1.54, 1.807) is 72.0 Å². The summed E-state index contributed by atoms with van der Waals surface area (Å²) in [6.45, 7) is 14.7. The van der Waals surface area contributed by atoms with Gasteiger partial charge in [0.15, 0.2) is 0 Å². The van der Waals surface area contributed by atoms with Crippen LogP contribution in [-0.2, 0) is 29.1 Å². The summed E-state index contributed by atoms with van der Waals surface area (Å²) in [5.41, 5.74) is -1.82. The molecule has 16 nitrogen and oxygen atoms in total. The van der Waals surface area contributed by atoms with Crippen molar-refractivity contribution in [2.24, 2.45) is 17.8 Å². The number of ether oxygens (including phenoxy) is 3. The fraction of sp³-hybridized carbons (Fsp3) is 0.667. The molecule has 6 rings (SSSR count). The number of anilines is 1. The van der Waals surface area contributed by atoms with Crippen molar-refractivity contribution in [1.29, 1.82) is 0 Å². The first kappa shape index (κ1) is 45.4. The monoisotopic (exact) mass is 847 g/mol. The number of hydrogen-bond acceptors (Lipinski definition) is 12. The fourth-order valence-electron chi connectivity index (χ4n) is 7.67. The summed E-state index contributed by atoms with van der Waals surface area (Å²) in [7, 11) is 1.13. The van der Waals surface area contributed by atoms with Gasteiger partial charge < -0.3 is 34.6 Å². The molecule has 0 spiro atoms. The summed E-state index contributed by atoms with van der Waals surface area (Å²) in [4.78, 5) is 69.1. The molecule has 2 aliphatic heterocycles. The van der Waals surface area contributed by atoms with E-state index in [1.165, 1.54) is 4.90 Å². The Balaban J connectivity index is 0.00000261. The molecule has 3 N–H and O–H groups in total. The van der Waals surface area contributed by atoms with E-state index in [2.05, 4.69) is 32.2 Å². The van der Waals surface area contributed by atoms with Crippen molar-refractivity contribution >= 4 is 50.7 Å². The van der Waals surface area contributed by atoms with Gasteiger partial charge in [-0.2, -0.15) is 4.98 Å². The van der Waals surface area contributed by atoms with Gasteiger partial charge in [-0.3, -0.25) is 19.1 Å². The zero-order valence-corrected chi connectivity index (χ0v) is 37.2. The lowest BCUT2D eigenvalue weighted by atomic mass is 9.88. The van der Waals surface area contributed by atoms with Gasteiger partial charge in [0.1, 0.15) is 35.1 Å². The summed E-state index contributed by atoms with van der Waals surface area (Å²) in [6, 6.07) is 3.07. The molecule has 2 aromatic rings. The van der Waals surface area contributed by atoms with E-state index in [0.29, 0.717) is 48.3 Å². The summed E-state index contributed by atoms with van der Waals surface area (Å²) in [5.74, 6) is -1.46. The number of amides is 4. The standard InChI is InChI=1S/C40H57N7O9S.C2H6.3H2/c1-23-12-10-11-13-25-21-40(25,35(50)45-57(52,53)39(6)16-17-39)44-32(48)30-20-27(22-47(30)34(49)31(24(2)18-23)42-37(51)56-38(3,4)5)55-33-28-15-14-26(54-9)19-29(28)41-36(43-33)46(7)8;1-2;;;/h11,13-15,19,23-25,27,30-31H,10,12,16-18,20-22H2,1-9H3,(H,42,51)(H,44,48)(H,45,50);1-2H3;3*1H/b13-11-;;;;/t23-,24+,25+,27+,30-,31-,40+;;;;/m0..../s1. The first-order valence-corrected chi connectivity index (χ1v) is 22.2. The molecular weight excluding hydrogens is 779 g/mol. The molecule has 17 heteroatoms. The molecular formula is C42H69N7O9S. The van der Waals surface area contributed by atoms with Gasteiger partial charge in [-0.1, -0.05) is 39.8 Å². The molecule has 1 aromatic heterocycles. The van der Waals surface area contributed by atoms with Gasteiger partial charge >= 0.3 is 6.09 Å². The second-order valence-corrected chi connectivity index (χ2v) is 19.9. The molecule has 332 valence electrons. The maximum atomic E-state index is 14.9. The minimum atomic E-state index is -4.01. The van der Waals surface area contributed by atoms with Crippen molar-refractivity contribution in [1.82, 2.24) is 30.2 Å². The summed E-state index contributed by atoms with van der Waals surface area (Å²) in [6.07, 6.45) is 5.37. The van der Waals surface area contributed by atoms with E-state index in [1.807, 2.05) is 32.9 Å². The molecule has 0 radical (unpaired) electrons. The van der Waals surface area contributed by atoms with Crippen LogP contribution in [0.5, 0.6) is 11.6 Å². The van der Waals surface area contributed by atoms with Crippen LogP contribution in [-0.4, -0.2) is 109 Å². The Morgan fingerprint density at radius 3 is 2.41 bits per heavy atom. The molecule has 59 heavy (non-hydrogen) atoms. The van der Waals surface area contributed by atoms with Crippen molar-refractivity contribution in [2.45, 2.75) is 134 Å². The number of nitrogens with one attached hydrogen (secondary N) is 3. The number of carbonyl (C=O) groups excluding carboxylic acids is 4. The smallest absolute Gasteiger partial charge is 0.408 e. The lowest BCUT2D eigenvalue weighted by Gasteiger charge is -2.33. The third-order valence-electron chi connectivity index (χ3n) is 11.5. The van der Waals surface area contributed by atoms with Crippen LogP contribution < -0.4 is 29.7 Å². The van der Waals surface area contributed by atoms with Gasteiger partial charge in [-0.15, -0.1) is 0 Å². The number of alkyl carbamates (subject to hydrolysis) is 1. The van der Waals surface area contributed by atoms with Crippen LogP contribution in [0.25, 0.3) is 10.9 Å². The second-order valence-electron chi connectivity index (χ2n) is 17.7. The molecule has 1 aromatic carbocycles. The normalized spacial score (nSPS) is 28.5. The number of methoxy groups -OCH3 is 1. The van der Waals surface area contributed by atoms with Crippen molar-refractivity contribution in [3.05, 3.63) is 30.4 Å². The Kier molecular flexibility index (Phi) is 13.5. The summed E-state index contributed by atoms with van der Waals surface area (Å²) < 4.78 is 45.3. The number of benzene rings is 1. The van der Waals surface area contributed by atoms with Crippen molar-refractivity contribution in [3.63, 3.8) is 0 Å². The zero-order valence-electron chi connectivity index (χ0n) is 36.4. The van der Waals surface area contributed by atoms with Crippen molar-refractivity contribution in [3.8, 4) is 11.6 Å². The number of rotatable bonds is 8. The van der Waals surface area contributed by atoms with Gasteiger partial charge in [0.05, 0.1) is 29.3 Å². The van der Waals surface area contributed by atoms with Crippen LogP contribution in [0, 0.1) is 17.8 Å². The van der Waals surface area contributed by atoms with Crippen LogP contribution in [0.15, 0.2) is 30.4 Å². The molecule has 4 amide bonds. The molecule has 3 fully saturated rings. The molecule has 4 aliphatic rings. The van der Waals surface area contributed by atoms with Gasteiger partial charge in [-0.05, 0) is 90.2 Å². The topological polar surface area (TPSA) is 198 Å². The lowest BCUT2D eigenvalue weighted by molar-refractivity contribution is -0.142. The number of allylic oxidation sites excluding steroid dienone is 1. The highest BCUT2D eigenvalue weighted by Gasteiger charge is 2.63. The first-order valence-electron chi connectivity index (χ1n) is 20.7. The Labute approximate surface area is 353 Å². The average molecular weight is 848 g/mol. The maximum absolute atomic E-state index is 14.9. The number of fused-ring (bicyclic) bond motifs is 3. The highest BCUT2D eigenvalue weighted by molar-refractivity contribution is 7.91. The fourth-order valence-corrected chi connectivity index (χ4v) is 8.99. The van der Waals surface area contributed by atoms with Crippen LogP contribution >= 0.6 is 0 Å². The molecule has 2 saturated carbocycles. The first-order chi connectivity index (χ1) is 27.6. The van der Waals surface area contributed by atoms with Gasteiger partial charge in [0.25, 0.3) is 5.91 Å². The van der Waals surface area contributed by atoms with Gasteiger partial charge in [0, 0.05) is 36.8 Å². The molecule has 2 aliphatic carbocycles. The maximum Gasteiger partial charge on any atom is 0.408 e. The Morgan fingerprint density at radius 2 is 1.78 bits per heavy atom. The SMILES string of the molecule is CC.COc1ccc2c(O[C@@H]3C[C@H]4C(=O)N[C@]5(C(=O)NS(=O)(=O)C6(C)CC6)C[C@H]5/C=C\CC[C@H](C)C[C@@H](C)[C@H](NC(=O)OC(C)(C)C)C(=O)N4C3)nc(N(C)C)nc2c1.[HH].[HH].[HH]. The summed E-state index contributed by atoms with van der Waals surface area (Å²) >= 11 is 0. The number of aromatic nitrogens is 2. The Bertz CT molecular complexity index is 2070. The van der Waals surface area contributed by atoms with Gasteiger partial charge in [-0.25, -0.2) is 18.2 Å². The minimum Gasteiger partial charge on any atom is -0.497 e. The van der Waals surface area contributed by atoms with E-state index in [9.17, 15) is 27.6 Å². The van der Waals surface area contributed by atoms with E-state index >= 15 is 0 Å². The van der Waals surface area contributed by atoms with E-state index in [0.717, 1.165) is 6.42 Å². The van der Waals surface area contributed by atoms with E-state index in [-0.39, 0.29) is 41.4 Å². The lowest BCUT2D eigenvalue weighted by Crippen LogP contribution is -2.59. The average Bonchev–Trinajstić information content (AvgIpc) is 4.05.